The molecule has 2 aliphatic rings. The van der Waals surface area contributed by atoms with Crippen molar-refractivity contribution in [3.8, 4) is 0 Å². The lowest BCUT2D eigenvalue weighted by atomic mass is 9.82. The summed E-state index contributed by atoms with van der Waals surface area (Å²) in [6, 6.07) is 18.3. The molecular formula is C22H25NOS. The van der Waals surface area contributed by atoms with E-state index in [-0.39, 0.29) is 5.12 Å². The summed E-state index contributed by atoms with van der Waals surface area (Å²) in [6.07, 6.45) is 4.16. The number of carbonyl (C=O) groups excluding carboxylic acids is 1. The lowest BCUT2D eigenvalue weighted by Crippen LogP contribution is -2.34. The molecule has 0 bridgehead atoms. The third-order valence-electron chi connectivity index (χ3n) is 5.48. The van der Waals surface area contributed by atoms with Crippen molar-refractivity contribution < 1.29 is 4.79 Å². The van der Waals surface area contributed by atoms with Gasteiger partial charge in [0.15, 0.2) is 5.12 Å². The zero-order valence-electron chi connectivity index (χ0n) is 14.8. The fourth-order valence-corrected chi connectivity index (χ4v) is 5.14. The van der Waals surface area contributed by atoms with Gasteiger partial charge in [-0.25, -0.2) is 0 Å². The number of hydrogen-bond acceptors (Lipinski definition) is 3. The van der Waals surface area contributed by atoms with Crippen molar-refractivity contribution in [2.24, 2.45) is 0 Å². The number of benzene rings is 2. The second-order valence-corrected chi connectivity index (χ2v) is 8.26. The largest absolute Gasteiger partial charge is 0.295 e. The smallest absolute Gasteiger partial charge is 0.193 e. The maximum atomic E-state index is 11.8. The van der Waals surface area contributed by atoms with E-state index in [1.54, 1.807) is 0 Å². The topological polar surface area (TPSA) is 20.3 Å². The van der Waals surface area contributed by atoms with Gasteiger partial charge in [-0.1, -0.05) is 55.1 Å². The minimum atomic E-state index is 0.262. The van der Waals surface area contributed by atoms with E-state index in [2.05, 4.69) is 53.4 Å². The maximum absolute atomic E-state index is 11.8. The van der Waals surface area contributed by atoms with Gasteiger partial charge in [0.25, 0.3) is 0 Å². The molecule has 0 radical (unpaired) electrons. The van der Waals surface area contributed by atoms with Gasteiger partial charge in [0, 0.05) is 29.8 Å². The lowest BCUT2D eigenvalue weighted by Gasteiger charge is -2.37. The van der Waals surface area contributed by atoms with Gasteiger partial charge in [-0.3, -0.25) is 9.69 Å². The van der Waals surface area contributed by atoms with Gasteiger partial charge in [0.05, 0.1) is 0 Å². The first-order valence-electron chi connectivity index (χ1n) is 9.39. The van der Waals surface area contributed by atoms with Crippen LogP contribution in [0.4, 0.5) is 0 Å². The van der Waals surface area contributed by atoms with Crippen molar-refractivity contribution in [2.45, 2.75) is 49.5 Å². The van der Waals surface area contributed by atoms with Gasteiger partial charge in [-0.2, -0.15) is 0 Å². The summed E-state index contributed by atoms with van der Waals surface area (Å²) in [6.45, 7) is 4.38. The van der Waals surface area contributed by atoms with Crippen LogP contribution in [0.15, 0.2) is 53.4 Å². The maximum Gasteiger partial charge on any atom is 0.193 e. The Morgan fingerprint density at radius 1 is 1.12 bits per heavy atom. The first kappa shape index (κ1) is 16.9. The lowest BCUT2D eigenvalue weighted by molar-refractivity contribution is -0.111. The monoisotopic (exact) mass is 351 g/mol. The number of nitrogens with zero attached hydrogens (tertiary/aromatic N) is 1. The molecule has 2 nitrogen and oxygen atoms in total. The third kappa shape index (κ3) is 3.40. The minimum absolute atomic E-state index is 0.262. The molecule has 25 heavy (non-hydrogen) atoms. The molecule has 0 N–H and O–H groups in total. The average Bonchev–Trinajstić information content (AvgIpc) is 3.11. The van der Waals surface area contributed by atoms with Crippen LogP contribution in [-0.2, 0) is 4.79 Å². The number of thioether (sulfide) groups is 1. The van der Waals surface area contributed by atoms with Gasteiger partial charge in [0.1, 0.15) is 0 Å². The third-order valence-corrected chi connectivity index (χ3v) is 6.42. The normalized spacial score (nSPS) is 22.4. The van der Waals surface area contributed by atoms with E-state index < -0.39 is 0 Å². The molecule has 3 heteroatoms. The van der Waals surface area contributed by atoms with E-state index in [1.807, 2.05) is 6.92 Å². The molecule has 2 aromatic rings. The minimum Gasteiger partial charge on any atom is -0.295 e. The number of rotatable bonds is 4. The van der Waals surface area contributed by atoms with Gasteiger partial charge >= 0.3 is 0 Å². The van der Waals surface area contributed by atoms with Crippen LogP contribution in [0.2, 0.25) is 0 Å². The molecule has 0 saturated carbocycles. The average molecular weight is 352 g/mol. The van der Waals surface area contributed by atoms with E-state index in [4.69, 9.17) is 0 Å². The highest BCUT2D eigenvalue weighted by Crippen LogP contribution is 2.44. The van der Waals surface area contributed by atoms with Crippen LogP contribution in [0.1, 0.15) is 61.3 Å². The zero-order valence-corrected chi connectivity index (χ0v) is 15.6. The fourth-order valence-electron chi connectivity index (χ4n) is 4.30. The molecule has 0 unspecified atom stereocenters. The van der Waals surface area contributed by atoms with Crippen LogP contribution >= 0.6 is 11.8 Å². The van der Waals surface area contributed by atoms with E-state index in [0.717, 1.165) is 17.9 Å². The summed E-state index contributed by atoms with van der Waals surface area (Å²) >= 11 is 1.38. The summed E-state index contributed by atoms with van der Waals surface area (Å²) in [5.41, 5.74) is 4.38. The van der Waals surface area contributed by atoms with Crippen molar-refractivity contribution >= 4 is 16.9 Å². The van der Waals surface area contributed by atoms with E-state index in [0.29, 0.717) is 18.4 Å². The second kappa shape index (κ2) is 7.35. The Hall–Kier alpha value is -1.58. The summed E-state index contributed by atoms with van der Waals surface area (Å²) in [5.74, 6) is 0.441. The highest BCUT2D eigenvalue weighted by molar-refractivity contribution is 8.13. The molecule has 130 valence electrons. The van der Waals surface area contributed by atoms with Crippen molar-refractivity contribution in [1.29, 1.82) is 0 Å². The highest BCUT2D eigenvalue weighted by atomic mass is 32.2. The Kier molecular flexibility index (Phi) is 4.96. The molecule has 0 amide bonds. The molecule has 2 heterocycles. The second-order valence-electron chi connectivity index (χ2n) is 7.13. The van der Waals surface area contributed by atoms with Gasteiger partial charge in [-0.05, 0) is 54.6 Å². The summed E-state index contributed by atoms with van der Waals surface area (Å²) in [7, 11) is 0. The van der Waals surface area contributed by atoms with Crippen LogP contribution in [0, 0.1) is 0 Å². The zero-order chi connectivity index (χ0) is 17.2. The molecule has 2 atom stereocenters. The molecule has 0 spiro atoms. The Balaban J connectivity index is 1.59. The highest BCUT2D eigenvalue weighted by Gasteiger charge is 2.36. The Labute approximate surface area is 154 Å². The first-order valence-corrected chi connectivity index (χ1v) is 10.2. The summed E-state index contributed by atoms with van der Waals surface area (Å²) in [5, 5.41) is 0.262. The molecule has 0 aliphatic carbocycles. The van der Waals surface area contributed by atoms with Gasteiger partial charge < -0.3 is 0 Å². The Morgan fingerprint density at radius 2 is 1.88 bits per heavy atom. The Morgan fingerprint density at radius 3 is 2.64 bits per heavy atom. The van der Waals surface area contributed by atoms with Crippen LogP contribution in [0.25, 0.3) is 0 Å². The van der Waals surface area contributed by atoms with Crippen molar-refractivity contribution in [1.82, 2.24) is 4.90 Å². The molecule has 0 aromatic heterocycles. The van der Waals surface area contributed by atoms with E-state index in [9.17, 15) is 4.79 Å². The number of hydrogen-bond donors (Lipinski definition) is 0. The SMILES string of the molecule is CCCC(=O)Sc1ccc([C@@H]2CN3CCC[C@@H]3c3ccccc32)cc1. The van der Waals surface area contributed by atoms with Crippen molar-refractivity contribution in [3.63, 3.8) is 0 Å². The number of fused-ring (bicyclic) bond motifs is 3. The molecule has 2 aromatic carbocycles. The van der Waals surface area contributed by atoms with Crippen LogP contribution in [0.5, 0.6) is 0 Å². The summed E-state index contributed by atoms with van der Waals surface area (Å²) < 4.78 is 0. The van der Waals surface area contributed by atoms with Crippen molar-refractivity contribution in [2.75, 3.05) is 13.1 Å². The van der Waals surface area contributed by atoms with Crippen molar-refractivity contribution in [3.05, 3.63) is 65.2 Å². The Bertz CT molecular complexity index is 755. The van der Waals surface area contributed by atoms with Crippen LogP contribution < -0.4 is 0 Å². The fraction of sp³-hybridized carbons (Fsp3) is 0.409. The molecular weight excluding hydrogens is 326 g/mol. The molecule has 4 rings (SSSR count). The van der Waals surface area contributed by atoms with Crippen LogP contribution in [0.3, 0.4) is 0 Å². The standard InChI is InChI=1S/C22H25NOS/c1-2-6-22(24)25-17-12-10-16(11-13-17)20-15-23-14-5-9-21(23)19-8-4-3-7-18(19)20/h3-4,7-8,10-13,20-21H,2,5-6,9,14-15H2,1H3/t20-,21+/m0/s1. The molecule has 1 fully saturated rings. The molecule has 2 aliphatic heterocycles. The molecule has 1 saturated heterocycles. The van der Waals surface area contributed by atoms with E-state index in [1.165, 1.54) is 47.8 Å². The quantitative estimate of drug-likeness (QED) is 0.689. The van der Waals surface area contributed by atoms with E-state index >= 15 is 0 Å². The predicted octanol–water partition coefficient (Wildman–Crippen LogP) is 5.39. The predicted molar refractivity (Wildman–Crippen MR) is 104 cm³/mol. The van der Waals surface area contributed by atoms with Crippen LogP contribution in [-0.4, -0.2) is 23.1 Å². The van der Waals surface area contributed by atoms with Gasteiger partial charge in [0.2, 0.25) is 0 Å². The van der Waals surface area contributed by atoms with Gasteiger partial charge in [-0.15, -0.1) is 0 Å². The summed E-state index contributed by atoms with van der Waals surface area (Å²) in [4.78, 5) is 15.6. The number of carbonyl (C=O) groups is 1. The first-order chi connectivity index (χ1) is 12.3.